The minimum atomic E-state index is 0.127. The molecule has 1 aromatic carbocycles. The van der Waals surface area contributed by atoms with E-state index in [4.69, 9.17) is 0 Å². The number of carbonyl (C=O) groups is 1. The Hall–Kier alpha value is -1.35. The third-order valence-corrected chi connectivity index (χ3v) is 3.75. The molecule has 112 valence electrons. The van der Waals surface area contributed by atoms with E-state index < -0.39 is 0 Å². The van der Waals surface area contributed by atoms with Crippen molar-refractivity contribution in [1.82, 2.24) is 5.32 Å². The maximum absolute atomic E-state index is 11.7. The van der Waals surface area contributed by atoms with E-state index >= 15 is 0 Å². The number of hydrogen-bond donors (Lipinski definition) is 1. The summed E-state index contributed by atoms with van der Waals surface area (Å²) in [5.41, 5.74) is 1.36. The summed E-state index contributed by atoms with van der Waals surface area (Å²) in [4.78, 5) is 11.7. The van der Waals surface area contributed by atoms with Gasteiger partial charge in [0.1, 0.15) is 6.54 Å². The van der Waals surface area contributed by atoms with Crippen molar-refractivity contribution in [3.8, 4) is 0 Å². The van der Waals surface area contributed by atoms with Crippen LogP contribution < -0.4 is 5.32 Å². The van der Waals surface area contributed by atoms with Crippen LogP contribution in [0.15, 0.2) is 30.3 Å². The zero-order chi connectivity index (χ0) is 15.0. The monoisotopic (exact) mass is 277 g/mol. The molecule has 0 radical (unpaired) electrons. The van der Waals surface area contributed by atoms with Crippen LogP contribution in [0.3, 0.4) is 0 Å². The second kappa shape index (κ2) is 8.05. The molecule has 0 fully saturated rings. The number of nitrogens with zero attached hydrogens (tertiary/aromatic N) is 1. The van der Waals surface area contributed by atoms with Crippen LogP contribution >= 0.6 is 0 Å². The second-order valence-corrected chi connectivity index (χ2v) is 6.26. The van der Waals surface area contributed by atoms with Gasteiger partial charge in [-0.2, -0.15) is 0 Å². The zero-order valence-corrected chi connectivity index (χ0v) is 13.4. The van der Waals surface area contributed by atoms with Crippen LogP contribution in [0.4, 0.5) is 0 Å². The molecule has 0 aliphatic rings. The Morgan fingerprint density at radius 1 is 1.25 bits per heavy atom. The Bertz CT molecular complexity index is 401. The normalized spacial score (nSPS) is 13.0. The average molecular weight is 277 g/mol. The van der Waals surface area contributed by atoms with E-state index in [1.807, 2.05) is 19.9 Å². The summed E-state index contributed by atoms with van der Waals surface area (Å²) in [6.07, 6.45) is 1.92. The van der Waals surface area contributed by atoms with Crippen molar-refractivity contribution >= 4 is 5.91 Å². The number of rotatable bonds is 8. The quantitative estimate of drug-likeness (QED) is 0.574. The van der Waals surface area contributed by atoms with E-state index in [-0.39, 0.29) is 11.8 Å². The van der Waals surface area contributed by atoms with Gasteiger partial charge in [0, 0.05) is 24.4 Å². The highest BCUT2D eigenvalue weighted by molar-refractivity contribution is 5.78. The number of nitrogens with one attached hydrogen (secondary N) is 1. The van der Waals surface area contributed by atoms with Crippen LogP contribution in [0.1, 0.15) is 32.3 Å². The van der Waals surface area contributed by atoms with E-state index in [0.717, 1.165) is 37.0 Å². The minimum absolute atomic E-state index is 0.127. The van der Waals surface area contributed by atoms with Gasteiger partial charge in [0.05, 0.1) is 20.6 Å². The number of quaternary nitrogens is 1. The molecule has 0 aliphatic carbocycles. The van der Waals surface area contributed by atoms with Gasteiger partial charge < -0.3 is 9.80 Å². The average Bonchev–Trinajstić information content (AvgIpc) is 2.43. The highest BCUT2D eigenvalue weighted by Gasteiger charge is 2.16. The molecular weight excluding hydrogens is 248 g/mol. The third-order valence-electron chi connectivity index (χ3n) is 3.75. The van der Waals surface area contributed by atoms with Gasteiger partial charge in [-0.1, -0.05) is 44.2 Å². The Labute approximate surface area is 123 Å². The molecule has 1 rings (SSSR count). The predicted octanol–water partition coefficient (Wildman–Crippen LogP) is 2.82. The van der Waals surface area contributed by atoms with Gasteiger partial charge in [-0.15, -0.1) is 0 Å². The van der Waals surface area contributed by atoms with Crippen LogP contribution in [0, 0.1) is 5.92 Å². The summed E-state index contributed by atoms with van der Waals surface area (Å²) in [6, 6.07) is 10.6. The van der Waals surface area contributed by atoms with Crippen molar-refractivity contribution in [1.29, 1.82) is 0 Å². The molecule has 0 bridgehead atoms. The molecule has 1 N–H and O–H groups in total. The number of benzene rings is 1. The van der Waals surface area contributed by atoms with Crippen molar-refractivity contribution in [3.63, 3.8) is 0 Å². The van der Waals surface area contributed by atoms with Gasteiger partial charge >= 0.3 is 0 Å². The van der Waals surface area contributed by atoms with Gasteiger partial charge in [0.15, 0.2) is 0 Å². The highest BCUT2D eigenvalue weighted by Crippen LogP contribution is 2.09. The van der Waals surface area contributed by atoms with Crippen LogP contribution in [0.25, 0.3) is 0 Å². The van der Waals surface area contributed by atoms with Crippen molar-refractivity contribution < 1.29 is 9.28 Å². The molecule has 0 aliphatic heterocycles. The zero-order valence-electron chi connectivity index (χ0n) is 13.4. The summed E-state index contributed by atoms with van der Waals surface area (Å²) in [5.74, 6) is 0.308. The fraction of sp³-hybridized carbons (Fsp3) is 0.588. The van der Waals surface area contributed by atoms with Crippen LogP contribution in [-0.4, -0.2) is 37.6 Å². The lowest BCUT2D eigenvalue weighted by atomic mass is 10.1. The summed E-state index contributed by atoms with van der Waals surface area (Å²) in [5, 5.41) is 3.02. The van der Waals surface area contributed by atoms with Crippen molar-refractivity contribution in [2.24, 2.45) is 5.92 Å². The molecular formula is C17H29N2O+. The first kappa shape index (κ1) is 16.7. The van der Waals surface area contributed by atoms with Crippen molar-refractivity contribution in [2.45, 2.75) is 33.2 Å². The fourth-order valence-corrected chi connectivity index (χ4v) is 2.24. The number of carbonyl (C=O) groups excluding carboxylic acids is 1. The lowest BCUT2D eigenvalue weighted by Gasteiger charge is -2.30. The summed E-state index contributed by atoms with van der Waals surface area (Å²) in [7, 11) is 4.48. The first-order valence-electron chi connectivity index (χ1n) is 7.58. The first-order chi connectivity index (χ1) is 9.44. The SMILES string of the molecule is CCC(C)C(=O)NCCC[N+](C)(C)Cc1ccccc1. The van der Waals surface area contributed by atoms with E-state index in [9.17, 15) is 4.79 Å². The van der Waals surface area contributed by atoms with E-state index in [1.54, 1.807) is 0 Å². The molecule has 1 unspecified atom stereocenters. The Balaban J connectivity index is 2.28. The maximum Gasteiger partial charge on any atom is 0.222 e. The molecule has 0 heterocycles. The fourth-order valence-electron chi connectivity index (χ4n) is 2.24. The standard InChI is InChI=1S/C17H28N2O/c1-5-15(2)17(20)18-12-9-13-19(3,4)14-16-10-7-6-8-11-16/h6-8,10-11,15H,5,9,12-14H2,1-4H3/p+1. The summed E-state index contributed by atoms with van der Waals surface area (Å²) in [6.45, 7) is 6.89. The lowest BCUT2D eigenvalue weighted by Crippen LogP contribution is -2.41. The Kier molecular flexibility index (Phi) is 6.73. The second-order valence-electron chi connectivity index (χ2n) is 6.26. The molecule has 3 nitrogen and oxygen atoms in total. The smallest absolute Gasteiger partial charge is 0.222 e. The van der Waals surface area contributed by atoms with Crippen molar-refractivity contribution in [2.75, 3.05) is 27.2 Å². The molecule has 20 heavy (non-hydrogen) atoms. The molecule has 0 saturated carbocycles. The Morgan fingerprint density at radius 2 is 1.90 bits per heavy atom. The molecule has 0 saturated heterocycles. The number of hydrogen-bond acceptors (Lipinski definition) is 1. The van der Waals surface area contributed by atoms with E-state index in [2.05, 4.69) is 43.7 Å². The largest absolute Gasteiger partial charge is 0.356 e. The molecule has 0 spiro atoms. The molecule has 3 heteroatoms. The van der Waals surface area contributed by atoms with E-state index in [0.29, 0.717) is 0 Å². The summed E-state index contributed by atoms with van der Waals surface area (Å²) >= 11 is 0. The van der Waals surface area contributed by atoms with Gasteiger partial charge in [-0.3, -0.25) is 4.79 Å². The van der Waals surface area contributed by atoms with Crippen LogP contribution in [0.5, 0.6) is 0 Å². The number of amides is 1. The minimum Gasteiger partial charge on any atom is -0.356 e. The van der Waals surface area contributed by atoms with Crippen LogP contribution in [0.2, 0.25) is 0 Å². The predicted molar refractivity (Wildman–Crippen MR) is 84.2 cm³/mol. The lowest BCUT2D eigenvalue weighted by molar-refractivity contribution is -0.903. The van der Waals surface area contributed by atoms with Gasteiger partial charge in [-0.05, 0) is 6.42 Å². The van der Waals surface area contributed by atoms with Crippen LogP contribution in [-0.2, 0) is 11.3 Å². The van der Waals surface area contributed by atoms with Gasteiger partial charge in [-0.25, -0.2) is 0 Å². The molecule has 1 aromatic rings. The molecule has 1 amide bonds. The summed E-state index contributed by atoms with van der Waals surface area (Å²) < 4.78 is 0.948. The highest BCUT2D eigenvalue weighted by atomic mass is 16.1. The topological polar surface area (TPSA) is 29.1 Å². The van der Waals surface area contributed by atoms with Gasteiger partial charge in [0.25, 0.3) is 0 Å². The molecule has 0 aromatic heterocycles. The van der Waals surface area contributed by atoms with Gasteiger partial charge in [0.2, 0.25) is 5.91 Å². The first-order valence-corrected chi connectivity index (χ1v) is 7.58. The van der Waals surface area contributed by atoms with Crippen molar-refractivity contribution in [3.05, 3.63) is 35.9 Å². The third kappa shape index (κ3) is 6.20. The van der Waals surface area contributed by atoms with E-state index in [1.165, 1.54) is 5.56 Å². The maximum atomic E-state index is 11.7. The Morgan fingerprint density at radius 3 is 2.50 bits per heavy atom. The molecule has 1 atom stereocenters.